The molecule has 1 aliphatic heterocycles. The zero-order valence-electron chi connectivity index (χ0n) is 16.9. The monoisotopic (exact) mass is 463 g/mol. The van der Waals surface area contributed by atoms with Gasteiger partial charge in [-0.3, -0.25) is 19.3 Å². The molecule has 4 rings (SSSR count). The number of rotatable bonds is 7. The molecule has 1 fully saturated rings. The largest absolute Gasteiger partial charge is 0.489 e. The highest BCUT2D eigenvalue weighted by Crippen LogP contribution is 2.33. The number of halogens is 1. The lowest BCUT2D eigenvalue weighted by Crippen LogP contribution is -2.33. The molecule has 1 saturated heterocycles. The van der Waals surface area contributed by atoms with E-state index < -0.39 is 11.1 Å². The number of ether oxygens (including phenoxy) is 1. The van der Waals surface area contributed by atoms with Crippen molar-refractivity contribution in [2.75, 3.05) is 6.54 Å². The Kier molecular flexibility index (Phi) is 6.73. The topological polar surface area (TPSA) is 63.7 Å². The van der Waals surface area contributed by atoms with Gasteiger partial charge >= 0.3 is 0 Å². The Morgan fingerprint density at radius 1 is 0.969 bits per heavy atom. The Hall–Kier alpha value is -3.35. The lowest BCUT2D eigenvalue weighted by molar-refractivity contribution is -0.122. The van der Waals surface area contributed by atoms with E-state index in [1.165, 1.54) is 0 Å². The highest BCUT2D eigenvalue weighted by Gasteiger charge is 2.36. The van der Waals surface area contributed by atoms with Crippen LogP contribution in [0.25, 0.3) is 6.08 Å². The third-order valence-electron chi connectivity index (χ3n) is 4.75. The summed E-state index contributed by atoms with van der Waals surface area (Å²) in [6.45, 7) is 0.109. The first-order valence-corrected chi connectivity index (χ1v) is 11.0. The predicted molar refractivity (Wildman–Crippen MR) is 126 cm³/mol. The summed E-state index contributed by atoms with van der Waals surface area (Å²) in [5, 5.41) is 0.0330. The molecule has 160 valence electrons. The summed E-state index contributed by atoms with van der Waals surface area (Å²) in [6.07, 6.45) is 1.63. The van der Waals surface area contributed by atoms with E-state index in [0.717, 1.165) is 27.8 Å². The molecule has 5 nitrogen and oxygen atoms in total. The minimum atomic E-state index is -0.488. The molecular weight excluding hydrogens is 446 g/mol. The summed E-state index contributed by atoms with van der Waals surface area (Å²) >= 11 is 6.66. The van der Waals surface area contributed by atoms with Crippen molar-refractivity contribution in [1.29, 1.82) is 0 Å². The number of hydrogen-bond donors (Lipinski definition) is 0. The standard InChI is InChI=1S/C25H18ClNO4S/c26-20-11-9-19(10-12-20)22(28)15-27-24(29)23(32-25(27)30)14-18-7-4-8-21(13-18)31-16-17-5-2-1-3-6-17/h1-14H,15-16H2/b23-14+. The Bertz CT molecular complexity index is 1190. The van der Waals surface area contributed by atoms with Gasteiger partial charge in [-0.25, -0.2) is 0 Å². The van der Waals surface area contributed by atoms with Crippen LogP contribution in [0.5, 0.6) is 5.75 Å². The van der Waals surface area contributed by atoms with Crippen LogP contribution in [0.15, 0.2) is 83.8 Å². The maximum atomic E-state index is 12.7. The summed E-state index contributed by atoms with van der Waals surface area (Å²) in [5.41, 5.74) is 2.16. The van der Waals surface area contributed by atoms with Crippen LogP contribution in [0.3, 0.4) is 0 Å². The molecular formula is C25H18ClNO4S. The number of carbonyl (C=O) groups is 3. The van der Waals surface area contributed by atoms with Gasteiger partial charge in [-0.2, -0.15) is 0 Å². The molecule has 1 aliphatic rings. The highest BCUT2D eigenvalue weighted by molar-refractivity contribution is 8.18. The van der Waals surface area contributed by atoms with E-state index in [1.54, 1.807) is 36.4 Å². The van der Waals surface area contributed by atoms with Crippen molar-refractivity contribution in [1.82, 2.24) is 4.90 Å². The summed E-state index contributed by atoms with van der Waals surface area (Å²) in [5.74, 6) is -0.167. The van der Waals surface area contributed by atoms with Gasteiger partial charge < -0.3 is 4.74 Å². The zero-order valence-corrected chi connectivity index (χ0v) is 18.4. The van der Waals surface area contributed by atoms with Crippen molar-refractivity contribution in [3.05, 3.63) is 105 Å². The molecule has 0 N–H and O–H groups in total. The van der Waals surface area contributed by atoms with Gasteiger partial charge in [0.15, 0.2) is 5.78 Å². The van der Waals surface area contributed by atoms with Gasteiger partial charge in [-0.1, -0.05) is 54.1 Å². The van der Waals surface area contributed by atoms with E-state index >= 15 is 0 Å². The van der Waals surface area contributed by atoms with Crippen molar-refractivity contribution >= 4 is 46.4 Å². The maximum Gasteiger partial charge on any atom is 0.293 e. The minimum absolute atomic E-state index is 0.263. The lowest BCUT2D eigenvalue weighted by Gasteiger charge is -2.11. The number of nitrogens with zero attached hydrogens (tertiary/aromatic N) is 1. The first kappa shape index (κ1) is 21.9. The highest BCUT2D eigenvalue weighted by atomic mass is 35.5. The fourth-order valence-corrected chi connectivity index (χ4v) is 4.06. The Balaban J connectivity index is 1.44. The van der Waals surface area contributed by atoms with Crippen LogP contribution in [0.4, 0.5) is 4.79 Å². The Morgan fingerprint density at radius 3 is 2.47 bits per heavy atom. The van der Waals surface area contributed by atoms with Crippen LogP contribution < -0.4 is 4.74 Å². The number of imide groups is 1. The van der Waals surface area contributed by atoms with Crippen LogP contribution in [-0.4, -0.2) is 28.4 Å². The Labute approximate surface area is 194 Å². The number of ketones is 1. The fourth-order valence-electron chi connectivity index (χ4n) is 3.09. The third kappa shape index (κ3) is 5.28. The molecule has 1 heterocycles. The number of benzene rings is 3. The van der Waals surface area contributed by atoms with Crippen LogP contribution in [0.2, 0.25) is 5.02 Å². The first-order valence-electron chi connectivity index (χ1n) is 9.80. The maximum absolute atomic E-state index is 12.7. The summed E-state index contributed by atoms with van der Waals surface area (Å²) in [6, 6.07) is 23.4. The molecule has 0 atom stereocenters. The SMILES string of the molecule is O=C(CN1C(=O)S/C(=C/c2cccc(OCc3ccccc3)c2)C1=O)c1ccc(Cl)cc1. The molecule has 0 bridgehead atoms. The number of thioether (sulfide) groups is 1. The summed E-state index contributed by atoms with van der Waals surface area (Å²) in [7, 11) is 0. The molecule has 3 aromatic carbocycles. The second-order valence-electron chi connectivity index (χ2n) is 7.04. The second-order valence-corrected chi connectivity index (χ2v) is 8.47. The first-order chi connectivity index (χ1) is 15.5. The van der Waals surface area contributed by atoms with Gasteiger partial charge in [-0.05, 0) is 65.4 Å². The lowest BCUT2D eigenvalue weighted by atomic mass is 10.1. The second kappa shape index (κ2) is 9.85. The van der Waals surface area contributed by atoms with E-state index in [4.69, 9.17) is 16.3 Å². The molecule has 3 aromatic rings. The van der Waals surface area contributed by atoms with Crippen molar-refractivity contribution in [2.24, 2.45) is 0 Å². The van der Waals surface area contributed by atoms with Crippen LogP contribution in [0.1, 0.15) is 21.5 Å². The molecule has 0 unspecified atom stereocenters. The van der Waals surface area contributed by atoms with Crippen LogP contribution in [-0.2, 0) is 11.4 Å². The van der Waals surface area contributed by atoms with E-state index in [0.29, 0.717) is 22.9 Å². The van der Waals surface area contributed by atoms with Gasteiger partial charge in [0, 0.05) is 10.6 Å². The van der Waals surface area contributed by atoms with Crippen LogP contribution in [0, 0.1) is 0 Å². The molecule has 2 amide bonds. The smallest absolute Gasteiger partial charge is 0.293 e. The van der Waals surface area contributed by atoms with Gasteiger partial charge in [-0.15, -0.1) is 0 Å². The summed E-state index contributed by atoms with van der Waals surface area (Å²) in [4.78, 5) is 38.8. The predicted octanol–water partition coefficient (Wildman–Crippen LogP) is 5.84. The van der Waals surface area contributed by atoms with Crippen molar-refractivity contribution in [3.63, 3.8) is 0 Å². The van der Waals surface area contributed by atoms with Gasteiger partial charge in [0.25, 0.3) is 11.1 Å². The average Bonchev–Trinajstić information content (AvgIpc) is 3.06. The molecule has 0 radical (unpaired) electrons. The molecule has 0 saturated carbocycles. The van der Waals surface area contributed by atoms with Gasteiger partial charge in [0.1, 0.15) is 12.4 Å². The number of Topliss-reactive ketones (excluding diaryl/α,β-unsaturated/α-hetero) is 1. The fraction of sp³-hybridized carbons (Fsp3) is 0.0800. The molecule has 0 spiro atoms. The molecule has 0 aliphatic carbocycles. The molecule has 7 heteroatoms. The van der Waals surface area contributed by atoms with E-state index in [-0.39, 0.29) is 17.2 Å². The average molecular weight is 464 g/mol. The number of amides is 2. The van der Waals surface area contributed by atoms with E-state index in [1.807, 2.05) is 48.5 Å². The van der Waals surface area contributed by atoms with E-state index in [9.17, 15) is 14.4 Å². The molecule has 0 aromatic heterocycles. The third-order valence-corrected chi connectivity index (χ3v) is 5.91. The zero-order chi connectivity index (χ0) is 22.5. The Morgan fingerprint density at radius 2 is 1.72 bits per heavy atom. The van der Waals surface area contributed by atoms with Gasteiger partial charge in [0.2, 0.25) is 0 Å². The van der Waals surface area contributed by atoms with Crippen molar-refractivity contribution in [2.45, 2.75) is 6.61 Å². The minimum Gasteiger partial charge on any atom is -0.489 e. The van der Waals surface area contributed by atoms with Crippen LogP contribution >= 0.6 is 23.4 Å². The summed E-state index contributed by atoms with van der Waals surface area (Å²) < 4.78 is 5.82. The normalized spacial score (nSPS) is 14.8. The quantitative estimate of drug-likeness (QED) is 0.325. The van der Waals surface area contributed by atoms with E-state index in [2.05, 4.69) is 0 Å². The number of carbonyl (C=O) groups excluding carboxylic acids is 3. The molecule has 32 heavy (non-hydrogen) atoms. The van der Waals surface area contributed by atoms with Crippen molar-refractivity contribution < 1.29 is 19.1 Å². The van der Waals surface area contributed by atoms with Gasteiger partial charge in [0.05, 0.1) is 11.4 Å². The number of hydrogen-bond acceptors (Lipinski definition) is 5. The van der Waals surface area contributed by atoms with Crippen molar-refractivity contribution in [3.8, 4) is 5.75 Å².